The number of fused-ring (bicyclic) bond motifs is 2. The van der Waals surface area contributed by atoms with E-state index in [1.54, 1.807) is 0 Å². The Morgan fingerprint density at radius 2 is 0.861 bits per heavy atom. The molecule has 0 radical (unpaired) electrons. The van der Waals surface area contributed by atoms with Crippen LogP contribution in [0.5, 0.6) is 0 Å². The van der Waals surface area contributed by atoms with Gasteiger partial charge in [0.15, 0.2) is 0 Å². The van der Waals surface area contributed by atoms with Crippen molar-refractivity contribution in [2.45, 2.75) is 0 Å². The number of nitrogens with zero attached hydrogens (tertiary/aromatic N) is 2. The van der Waals surface area contributed by atoms with Gasteiger partial charge in [0.2, 0.25) is 0 Å². The van der Waals surface area contributed by atoms with E-state index in [0.717, 1.165) is 45.3 Å². The summed E-state index contributed by atoms with van der Waals surface area (Å²) >= 11 is 0. The number of aromatic amines is 2. The molecule has 4 heteroatoms. The third-order valence-electron chi connectivity index (χ3n) is 6.68. The molecule has 0 bridgehead atoms. The monoisotopic (exact) mass is 462 g/mol. The second kappa shape index (κ2) is 8.36. The van der Waals surface area contributed by atoms with E-state index in [1.807, 2.05) is 18.5 Å². The second-order valence-corrected chi connectivity index (χ2v) is 9.00. The third-order valence-corrected chi connectivity index (χ3v) is 6.68. The van der Waals surface area contributed by atoms with Gasteiger partial charge in [0, 0.05) is 22.3 Å². The minimum absolute atomic E-state index is 0.835. The lowest BCUT2D eigenvalue weighted by Crippen LogP contribution is -1.85. The van der Waals surface area contributed by atoms with E-state index < -0.39 is 0 Å². The van der Waals surface area contributed by atoms with Crippen molar-refractivity contribution in [1.29, 1.82) is 0 Å². The third kappa shape index (κ3) is 3.65. The summed E-state index contributed by atoms with van der Waals surface area (Å²) < 4.78 is 0. The van der Waals surface area contributed by atoms with Gasteiger partial charge in [-0.25, -0.2) is 9.97 Å². The zero-order chi connectivity index (χ0) is 23.9. The molecule has 2 N–H and O–H groups in total. The van der Waals surface area contributed by atoms with Crippen LogP contribution in [0, 0.1) is 0 Å². The van der Waals surface area contributed by atoms with E-state index in [-0.39, 0.29) is 0 Å². The highest BCUT2D eigenvalue weighted by Crippen LogP contribution is 2.29. The van der Waals surface area contributed by atoms with Crippen LogP contribution in [0.4, 0.5) is 0 Å². The fraction of sp³-hybridized carbons (Fsp3) is 0. The standard InChI is InChI=1S/C32H22N4/c1-3-8-23-16-25(14-12-21(23)6-1)29-19-33-31(35-29)27-10-5-11-28(18-27)32-34-20-30(36-32)26-15-13-22-7-2-4-9-24(22)17-26/h1-20H,(H,33,35)(H,34,36). The molecule has 0 aliphatic carbocycles. The molecule has 0 saturated carbocycles. The van der Waals surface area contributed by atoms with Crippen molar-refractivity contribution in [3.05, 3.63) is 122 Å². The number of rotatable bonds is 4. The van der Waals surface area contributed by atoms with Crippen LogP contribution in [0.15, 0.2) is 122 Å². The molecule has 0 aliphatic rings. The van der Waals surface area contributed by atoms with Crippen LogP contribution in [-0.4, -0.2) is 19.9 Å². The number of benzene rings is 5. The van der Waals surface area contributed by atoms with Gasteiger partial charge in [-0.2, -0.15) is 0 Å². The molecule has 0 spiro atoms. The Hall–Kier alpha value is -4.96. The van der Waals surface area contributed by atoms with Crippen molar-refractivity contribution < 1.29 is 0 Å². The molecule has 0 atom stereocenters. The van der Waals surface area contributed by atoms with Crippen LogP contribution >= 0.6 is 0 Å². The maximum absolute atomic E-state index is 4.67. The Balaban J connectivity index is 1.19. The van der Waals surface area contributed by atoms with Crippen LogP contribution in [0.3, 0.4) is 0 Å². The predicted molar refractivity (Wildman–Crippen MR) is 147 cm³/mol. The van der Waals surface area contributed by atoms with Crippen molar-refractivity contribution in [3.63, 3.8) is 0 Å². The number of aromatic nitrogens is 4. The van der Waals surface area contributed by atoms with E-state index >= 15 is 0 Å². The Morgan fingerprint density at radius 1 is 0.389 bits per heavy atom. The summed E-state index contributed by atoms with van der Waals surface area (Å²) in [7, 11) is 0. The smallest absolute Gasteiger partial charge is 0.137 e. The van der Waals surface area contributed by atoms with Gasteiger partial charge in [-0.15, -0.1) is 0 Å². The fourth-order valence-electron chi connectivity index (χ4n) is 4.76. The molecule has 7 rings (SSSR count). The van der Waals surface area contributed by atoms with Crippen molar-refractivity contribution in [1.82, 2.24) is 19.9 Å². The highest BCUT2D eigenvalue weighted by Gasteiger charge is 2.10. The second-order valence-electron chi connectivity index (χ2n) is 9.00. The molecule has 2 aromatic heterocycles. The number of imidazole rings is 2. The summed E-state index contributed by atoms with van der Waals surface area (Å²) in [6.45, 7) is 0. The normalized spacial score (nSPS) is 11.3. The van der Waals surface area contributed by atoms with Crippen molar-refractivity contribution >= 4 is 21.5 Å². The Labute approximate surface area is 208 Å². The molecule has 0 aliphatic heterocycles. The highest BCUT2D eigenvalue weighted by molar-refractivity contribution is 5.88. The Bertz CT molecular complexity index is 1720. The average molecular weight is 463 g/mol. The fourth-order valence-corrected chi connectivity index (χ4v) is 4.76. The highest BCUT2D eigenvalue weighted by atomic mass is 14.9. The maximum Gasteiger partial charge on any atom is 0.137 e. The summed E-state index contributed by atoms with van der Waals surface area (Å²) in [5.74, 6) is 1.67. The number of H-pyrrole nitrogens is 2. The molecule has 0 amide bonds. The van der Waals surface area contributed by atoms with Crippen molar-refractivity contribution in [2.75, 3.05) is 0 Å². The number of nitrogens with one attached hydrogen (secondary N) is 2. The van der Waals surface area contributed by atoms with Gasteiger partial charge in [0.05, 0.1) is 23.8 Å². The van der Waals surface area contributed by atoms with Gasteiger partial charge in [-0.05, 0) is 39.7 Å². The Morgan fingerprint density at radius 3 is 1.36 bits per heavy atom. The lowest BCUT2D eigenvalue weighted by atomic mass is 10.1. The summed E-state index contributed by atoms with van der Waals surface area (Å²) in [5, 5.41) is 4.90. The number of hydrogen-bond acceptors (Lipinski definition) is 2. The van der Waals surface area contributed by atoms with Gasteiger partial charge < -0.3 is 9.97 Å². The first-order chi connectivity index (χ1) is 17.8. The van der Waals surface area contributed by atoms with E-state index in [4.69, 9.17) is 0 Å². The molecule has 170 valence electrons. The van der Waals surface area contributed by atoms with Crippen molar-refractivity contribution in [2.24, 2.45) is 0 Å². The molecular formula is C32H22N4. The SMILES string of the molecule is c1cc(-c2ncc(-c3ccc4ccccc4c3)[nH]2)cc(-c2ncc(-c3ccc4ccccc4c3)[nH]2)c1. The van der Waals surface area contributed by atoms with E-state index in [1.165, 1.54) is 21.5 Å². The van der Waals surface area contributed by atoms with Gasteiger partial charge in [0.1, 0.15) is 11.6 Å². The molecule has 5 aromatic carbocycles. The maximum atomic E-state index is 4.67. The summed E-state index contributed by atoms with van der Waals surface area (Å²) in [4.78, 5) is 16.3. The minimum atomic E-state index is 0.835. The quantitative estimate of drug-likeness (QED) is 0.278. The summed E-state index contributed by atoms with van der Waals surface area (Å²) in [6, 6.07) is 38.0. The molecule has 4 nitrogen and oxygen atoms in total. The van der Waals surface area contributed by atoms with Gasteiger partial charge in [-0.3, -0.25) is 0 Å². The van der Waals surface area contributed by atoms with Crippen LogP contribution in [-0.2, 0) is 0 Å². The Kier molecular flexibility index (Phi) is 4.74. The van der Waals surface area contributed by atoms with Gasteiger partial charge in [0.25, 0.3) is 0 Å². The minimum Gasteiger partial charge on any atom is -0.338 e. The van der Waals surface area contributed by atoms with Gasteiger partial charge >= 0.3 is 0 Å². The van der Waals surface area contributed by atoms with Crippen LogP contribution in [0.1, 0.15) is 0 Å². The molecule has 7 aromatic rings. The van der Waals surface area contributed by atoms with E-state index in [0.29, 0.717) is 0 Å². The molecule has 0 fully saturated rings. The van der Waals surface area contributed by atoms with Crippen molar-refractivity contribution in [3.8, 4) is 45.3 Å². The summed E-state index contributed by atoms with van der Waals surface area (Å²) in [6.07, 6.45) is 3.80. The van der Waals surface area contributed by atoms with Crippen LogP contribution in [0.2, 0.25) is 0 Å². The van der Waals surface area contributed by atoms with Crippen LogP contribution < -0.4 is 0 Å². The molecular weight excluding hydrogens is 440 g/mol. The largest absolute Gasteiger partial charge is 0.338 e. The molecule has 36 heavy (non-hydrogen) atoms. The first-order valence-corrected chi connectivity index (χ1v) is 12.0. The first-order valence-electron chi connectivity index (χ1n) is 12.0. The predicted octanol–water partition coefficient (Wildman–Crippen LogP) is 8.11. The topological polar surface area (TPSA) is 57.4 Å². The molecule has 2 heterocycles. The zero-order valence-corrected chi connectivity index (χ0v) is 19.4. The lowest BCUT2D eigenvalue weighted by molar-refractivity contribution is 1.29. The van der Waals surface area contributed by atoms with E-state index in [9.17, 15) is 0 Å². The molecule has 0 unspecified atom stereocenters. The summed E-state index contributed by atoms with van der Waals surface area (Å²) in [5.41, 5.74) is 6.27. The van der Waals surface area contributed by atoms with Crippen LogP contribution in [0.25, 0.3) is 66.8 Å². The lowest BCUT2D eigenvalue weighted by Gasteiger charge is -2.03. The molecule has 0 saturated heterocycles. The van der Waals surface area contributed by atoms with E-state index in [2.05, 4.69) is 123 Å². The van der Waals surface area contributed by atoms with Gasteiger partial charge in [-0.1, -0.05) is 91.0 Å². The number of hydrogen-bond donors (Lipinski definition) is 2. The first kappa shape index (κ1) is 20.4. The zero-order valence-electron chi connectivity index (χ0n) is 19.4. The average Bonchev–Trinajstić information content (AvgIpc) is 3.64.